The molecular formula is C20H22N4O3. The van der Waals surface area contributed by atoms with Gasteiger partial charge in [0.2, 0.25) is 23.5 Å². The highest BCUT2D eigenvalue weighted by molar-refractivity contribution is 5.76. The first-order valence-electron chi connectivity index (χ1n) is 8.85. The highest BCUT2D eigenvalue weighted by Crippen LogP contribution is 2.17. The number of methoxy groups -OCH3 is 1. The van der Waals surface area contributed by atoms with Gasteiger partial charge in [-0.15, -0.1) is 0 Å². The normalized spacial score (nSPS) is 10.6. The second kappa shape index (κ2) is 8.93. The average Bonchev–Trinajstić information content (AvgIpc) is 3.20. The Morgan fingerprint density at radius 3 is 2.74 bits per heavy atom. The maximum absolute atomic E-state index is 12.0. The van der Waals surface area contributed by atoms with E-state index in [0.29, 0.717) is 30.6 Å². The minimum absolute atomic E-state index is 0.0853. The predicted molar refractivity (Wildman–Crippen MR) is 100 cm³/mol. The fraction of sp³-hybridized carbons (Fsp3) is 0.300. The standard InChI is InChI=1S/C20H22N4O3/c1-3-14-4-6-16(7-5-14)20-23-18(27-24-20)9-8-17(25)22-13-15-10-11-21-19(12-15)26-2/h4-7,10-12H,3,8-9,13H2,1-2H3,(H,22,25). The number of hydrogen-bond acceptors (Lipinski definition) is 6. The van der Waals surface area contributed by atoms with Crippen LogP contribution in [0.25, 0.3) is 11.4 Å². The first-order chi connectivity index (χ1) is 13.2. The molecule has 3 rings (SSSR count). The SMILES string of the molecule is CCc1ccc(-c2noc(CCC(=O)NCc3ccnc(OC)c3)n2)cc1. The lowest BCUT2D eigenvalue weighted by atomic mass is 10.1. The molecule has 1 aromatic carbocycles. The molecular weight excluding hydrogens is 344 g/mol. The number of nitrogens with one attached hydrogen (secondary N) is 1. The number of carbonyl (C=O) groups excluding carboxylic acids is 1. The van der Waals surface area contributed by atoms with Crippen molar-refractivity contribution in [2.45, 2.75) is 32.7 Å². The summed E-state index contributed by atoms with van der Waals surface area (Å²) >= 11 is 0. The Hall–Kier alpha value is -3.22. The molecule has 1 N–H and O–H groups in total. The number of benzene rings is 1. The summed E-state index contributed by atoms with van der Waals surface area (Å²) < 4.78 is 10.3. The van der Waals surface area contributed by atoms with Crippen molar-refractivity contribution in [2.24, 2.45) is 0 Å². The van der Waals surface area contributed by atoms with Gasteiger partial charge in [0.05, 0.1) is 7.11 Å². The number of amides is 1. The number of nitrogens with zero attached hydrogens (tertiary/aromatic N) is 3. The van der Waals surface area contributed by atoms with Crippen LogP contribution in [0.1, 0.15) is 30.4 Å². The molecule has 0 aliphatic carbocycles. The summed E-state index contributed by atoms with van der Waals surface area (Å²) in [6.07, 6.45) is 3.30. The van der Waals surface area contributed by atoms with Gasteiger partial charge in [-0.05, 0) is 23.6 Å². The van der Waals surface area contributed by atoms with Crippen LogP contribution in [0.2, 0.25) is 0 Å². The van der Waals surface area contributed by atoms with Crippen LogP contribution in [-0.4, -0.2) is 28.1 Å². The van der Waals surface area contributed by atoms with Gasteiger partial charge in [-0.2, -0.15) is 4.98 Å². The second-order valence-electron chi connectivity index (χ2n) is 6.05. The highest BCUT2D eigenvalue weighted by Gasteiger charge is 2.11. The predicted octanol–water partition coefficient (Wildman–Crippen LogP) is 2.95. The van der Waals surface area contributed by atoms with Gasteiger partial charge in [0.25, 0.3) is 0 Å². The van der Waals surface area contributed by atoms with E-state index in [9.17, 15) is 4.79 Å². The van der Waals surface area contributed by atoms with Crippen LogP contribution in [0.5, 0.6) is 5.88 Å². The van der Waals surface area contributed by atoms with E-state index in [1.807, 2.05) is 30.3 Å². The van der Waals surface area contributed by atoms with Crippen LogP contribution in [0.4, 0.5) is 0 Å². The monoisotopic (exact) mass is 366 g/mol. The summed E-state index contributed by atoms with van der Waals surface area (Å²) in [5, 5.41) is 6.85. The molecule has 1 amide bonds. The van der Waals surface area contributed by atoms with Crippen molar-refractivity contribution in [1.82, 2.24) is 20.4 Å². The zero-order valence-electron chi connectivity index (χ0n) is 15.4. The largest absolute Gasteiger partial charge is 0.481 e. The third-order valence-corrected chi connectivity index (χ3v) is 4.15. The molecule has 0 atom stereocenters. The molecule has 140 valence electrons. The van der Waals surface area contributed by atoms with Gasteiger partial charge in [-0.3, -0.25) is 4.79 Å². The van der Waals surface area contributed by atoms with Gasteiger partial charge in [-0.25, -0.2) is 4.98 Å². The van der Waals surface area contributed by atoms with E-state index in [1.54, 1.807) is 19.4 Å². The Kier molecular flexibility index (Phi) is 6.14. The molecule has 0 bridgehead atoms. The third kappa shape index (κ3) is 5.13. The number of rotatable bonds is 8. The smallest absolute Gasteiger partial charge is 0.227 e. The molecule has 0 aliphatic heterocycles. The number of aromatic nitrogens is 3. The summed E-state index contributed by atoms with van der Waals surface area (Å²) in [5.41, 5.74) is 3.08. The number of ether oxygens (including phenoxy) is 1. The lowest BCUT2D eigenvalue weighted by Gasteiger charge is -2.05. The summed E-state index contributed by atoms with van der Waals surface area (Å²) in [6, 6.07) is 11.7. The van der Waals surface area contributed by atoms with E-state index in [0.717, 1.165) is 17.5 Å². The van der Waals surface area contributed by atoms with Crippen LogP contribution in [-0.2, 0) is 24.2 Å². The molecule has 0 aliphatic rings. The highest BCUT2D eigenvalue weighted by atomic mass is 16.5. The number of aryl methyl sites for hydroxylation is 2. The number of hydrogen-bond donors (Lipinski definition) is 1. The Morgan fingerprint density at radius 2 is 2.00 bits per heavy atom. The van der Waals surface area contributed by atoms with Gasteiger partial charge in [0.1, 0.15) is 0 Å². The Labute approximate surface area is 157 Å². The quantitative estimate of drug-likeness (QED) is 0.659. The zero-order valence-corrected chi connectivity index (χ0v) is 15.4. The molecule has 3 aromatic rings. The topological polar surface area (TPSA) is 90.1 Å². The van der Waals surface area contributed by atoms with Crippen LogP contribution < -0.4 is 10.1 Å². The van der Waals surface area contributed by atoms with Crippen LogP contribution in [0.3, 0.4) is 0 Å². The fourth-order valence-electron chi connectivity index (χ4n) is 2.54. The second-order valence-corrected chi connectivity index (χ2v) is 6.05. The van der Waals surface area contributed by atoms with E-state index in [-0.39, 0.29) is 12.3 Å². The van der Waals surface area contributed by atoms with Crippen LogP contribution in [0, 0.1) is 0 Å². The molecule has 7 heteroatoms. The van der Waals surface area contributed by atoms with Crippen molar-refractivity contribution in [3.8, 4) is 17.3 Å². The molecule has 27 heavy (non-hydrogen) atoms. The van der Waals surface area contributed by atoms with Crippen molar-refractivity contribution in [2.75, 3.05) is 7.11 Å². The number of carbonyl (C=O) groups is 1. The summed E-state index contributed by atoms with van der Waals surface area (Å²) in [4.78, 5) is 20.4. The summed E-state index contributed by atoms with van der Waals surface area (Å²) in [5.74, 6) is 1.42. The fourth-order valence-corrected chi connectivity index (χ4v) is 2.54. The van der Waals surface area contributed by atoms with Crippen molar-refractivity contribution in [3.05, 3.63) is 59.6 Å². The molecule has 0 saturated carbocycles. The van der Waals surface area contributed by atoms with Gasteiger partial charge in [0, 0.05) is 37.2 Å². The Balaban J connectivity index is 1.49. The maximum Gasteiger partial charge on any atom is 0.227 e. The third-order valence-electron chi connectivity index (χ3n) is 4.15. The lowest BCUT2D eigenvalue weighted by molar-refractivity contribution is -0.121. The first-order valence-corrected chi connectivity index (χ1v) is 8.85. The minimum atomic E-state index is -0.0853. The molecule has 0 spiro atoms. The van der Waals surface area contributed by atoms with Gasteiger partial charge >= 0.3 is 0 Å². The molecule has 2 aromatic heterocycles. The molecule has 0 unspecified atom stereocenters. The van der Waals surface area contributed by atoms with Crippen molar-refractivity contribution in [1.29, 1.82) is 0 Å². The van der Waals surface area contributed by atoms with Crippen molar-refractivity contribution in [3.63, 3.8) is 0 Å². The van der Waals surface area contributed by atoms with Gasteiger partial charge in [-0.1, -0.05) is 36.3 Å². The van der Waals surface area contributed by atoms with E-state index in [2.05, 4.69) is 27.4 Å². The van der Waals surface area contributed by atoms with Gasteiger partial charge < -0.3 is 14.6 Å². The van der Waals surface area contributed by atoms with E-state index in [4.69, 9.17) is 9.26 Å². The maximum atomic E-state index is 12.0. The van der Waals surface area contributed by atoms with E-state index >= 15 is 0 Å². The Morgan fingerprint density at radius 1 is 1.19 bits per heavy atom. The molecule has 0 fully saturated rings. The minimum Gasteiger partial charge on any atom is -0.481 e. The lowest BCUT2D eigenvalue weighted by Crippen LogP contribution is -2.23. The summed E-state index contributed by atoms with van der Waals surface area (Å²) in [7, 11) is 1.56. The summed E-state index contributed by atoms with van der Waals surface area (Å²) in [6.45, 7) is 2.52. The Bertz CT molecular complexity index is 890. The molecule has 0 saturated heterocycles. The van der Waals surface area contributed by atoms with Crippen molar-refractivity contribution >= 4 is 5.91 Å². The zero-order chi connectivity index (χ0) is 19.1. The van der Waals surface area contributed by atoms with Crippen LogP contribution >= 0.6 is 0 Å². The number of pyridine rings is 1. The molecule has 0 radical (unpaired) electrons. The van der Waals surface area contributed by atoms with E-state index < -0.39 is 0 Å². The van der Waals surface area contributed by atoms with Crippen LogP contribution in [0.15, 0.2) is 47.1 Å². The van der Waals surface area contributed by atoms with Gasteiger partial charge in [0.15, 0.2) is 0 Å². The van der Waals surface area contributed by atoms with Crippen molar-refractivity contribution < 1.29 is 14.1 Å². The molecule has 7 nitrogen and oxygen atoms in total. The average molecular weight is 366 g/mol. The molecule has 2 heterocycles. The van der Waals surface area contributed by atoms with E-state index in [1.165, 1.54) is 5.56 Å². The first kappa shape index (κ1) is 18.6.